The van der Waals surface area contributed by atoms with Crippen molar-refractivity contribution in [2.24, 2.45) is 0 Å². The lowest BCUT2D eigenvalue weighted by Gasteiger charge is -2.11. The second kappa shape index (κ2) is 8.54. The van der Waals surface area contributed by atoms with E-state index in [1.165, 1.54) is 17.3 Å². The fourth-order valence-corrected chi connectivity index (χ4v) is 3.83. The van der Waals surface area contributed by atoms with Gasteiger partial charge in [0.15, 0.2) is 11.0 Å². The van der Waals surface area contributed by atoms with Crippen LogP contribution in [-0.2, 0) is 4.79 Å². The van der Waals surface area contributed by atoms with Crippen molar-refractivity contribution in [3.05, 3.63) is 71.8 Å². The average molecular weight is 419 g/mol. The highest BCUT2D eigenvalue weighted by Gasteiger charge is 2.11. The van der Waals surface area contributed by atoms with Crippen molar-refractivity contribution in [1.29, 1.82) is 0 Å². The standard InChI is InChI=1S/C22H22N6OS/c1-14-4-5-15(2)19(12-14)28-11-10-23-22(28)30-13-20(29)25-18-8-6-17(7-9-18)21-24-16(3)26-27-21/h4-12H,13H2,1-3H3,(H,25,29)(H,24,26,27). The van der Waals surface area contributed by atoms with E-state index in [9.17, 15) is 4.79 Å². The van der Waals surface area contributed by atoms with Crippen molar-refractivity contribution in [3.8, 4) is 17.1 Å². The maximum atomic E-state index is 12.4. The van der Waals surface area contributed by atoms with Gasteiger partial charge in [0.2, 0.25) is 5.91 Å². The predicted molar refractivity (Wildman–Crippen MR) is 119 cm³/mol. The lowest BCUT2D eigenvalue weighted by atomic mass is 10.1. The summed E-state index contributed by atoms with van der Waals surface area (Å²) < 4.78 is 2.02. The zero-order chi connectivity index (χ0) is 21.1. The number of hydrogen-bond donors (Lipinski definition) is 2. The van der Waals surface area contributed by atoms with E-state index in [0.717, 1.165) is 33.5 Å². The van der Waals surface area contributed by atoms with Crippen LogP contribution >= 0.6 is 11.8 Å². The summed E-state index contributed by atoms with van der Waals surface area (Å²) in [5.41, 5.74) is 5.04. The van der Waals surface area contributed by atoms with Crippen molar-refractivity contribution in [3.63, 3.8) is 0 Å². The molecule has 0 bridgehead atoms. The number of aromatic amines is 1. The summed E-state index contributed by atoms with van der Waals surface area (Å²) in [6, 6.07) is 13.8. The normalized spacial score (nSPS) is 10.9. The first-order valence-corrected chi connectivity index (χ1v) is 10.5. The highest BCUT2D eigenvalue weighted by molar-refractivity contribution is 7.99. The first-order valence-electron chi connectivity index (χ1n) is 9.52. The van der Waals surface area contributed by atoms with Gasteiger partial charge >= 0.3 is 0 Å². The van der Waals surface area contributed by atoms with E-state index in [-0.39, 0.29) is 11.7 Å². The third kappa shape index (κ3) is 4.44. The smallest absolute Gasteiger partial charge is 0.234 e. The number of benzene rings is 2. The van der Waals surface area contributed by atoms with Gasteiger partial charge in [-0.05, 0) is 62.2 Å². The number of rotatable bonds is 6. The molecule has 4 aromatic rings. The van der Waals surface area contributed by atoms with Crippen molar-refractivity contribution in [2.45, 2.75) is 25.9 Å². The van der Waals surface area contributed by atoms with Crippen LogP contribution in [0.15, 0.2) is 60.0 Å². The number of nitrogens with one attached hydrogen (secondary N) is 2. The Hall–Kier alpha value is -3.39. The molecule has 7 nitrogen and oxygen atoms in total. The Balaban J connectivity index is 1.39. The van der Waals surface area contributed by atoms with Crippen molar-refractivity contribution >= 4 is 23.4 Å². The fourth-order valence-electron chi connectivity index (χ4n) is 3.06. The molecule has 4 rings (SSSR count). The number of thioether (sulfide) groups is 1. The largest absolute Gasteiger partial charge is 0.325 e. The molecule has 2 N–H and O–H groups in total. The molecule has 0 aliphatic rings. The van der Waals surface area contributed by atoms with Crippen LogP contribution in [0.2, 0.25) is 0 Å². The van der Waals surface area contributed by atoms with Crippen LogP contribution in [-0.4, -0.2) is 36.4 Å². The topological polar surface area (TPSA) is 88.5 Å². The molecule has 0 aliphatic carbocycles. The number of hydrogen-bond acceptors (Lipinski definition) is 5. The van der Waals surface area contributed by atoms with Gasteiger partial charge in [-0.25, -0.2) is 9.97 Å². The minimum atomic E-state index is -0.0861. The maximum Gasteiger partial charge on any atom is 0.234 e. The number of H-pyrrole nitrogens is 1. The van der Waals surface area contributed by atoms with Gasteiger partial charge in [-0.3, -0.25) is 14.5 Å². The lowest BCUT2D eigenvalue weighted by molar-refractivity contribution is -0.113. The zero-order valence-corrected chi connectivity index (χ0v) is 17.8. The van der Waals surface area contributed by atoms with Crippen LogP contribution in [0.25, 0.3) is 17.1 Å². The number of nitrogens with zero attached hydrogens (tertiary/aromatic N) is 4. The summed E-state index contributed by atoms with van der Waals surface area (Å²) in [6.07, 6.45) is 3.68. The Morgan fingerprint density at radius 2 is 1.93 bits per heavy atom. The molecule has 0 spiro atoms. The van der Waals surface area contributed by atoms with E-state index >= 15 is 0 Å². The Labute approximate surface area is 179 Å². The highest BCUT2D eigenvalue weighted by Crippen LogP contribution is 2.24. The number of anilines is 1. The summed E-state index contributed by atoms with van der Waals surface area (Å²) in [4.78, 5) is 21.2. The van der Waals surface area contributed by atoms with E-state index in [0.29, 0.717) is 5.82 Å². The first kappa shape index (κ1) is 19.9. The van der Waals surface area contributed by atoms with Crippen molar-refractivity contribution < 1.29 is 4.79 Å². The average Bonchev–Trinajstić information content (AvgIpc) is 3.38. The number of carbonyl (C=O) groups excluding carboxylic acids is 1. The quantitative estimate of drug-likeness (QED) is 0.456. The Morgan fingerprint density at radius 3 is 2.67 bits per heavy atom. The van der Waals surface area contributed by atoms with Crippen LogP contribution in [0.5, 0.6) is 0 Å². The van der Waals surface area contributed by atoms with E-state index in [4.69, 9.17) is 0 Å². The maximum absolute atomic E-state index is 12.4. The van der Waals surface area contributed by atoms with Gasteiger partial charge in [-0.2, -0.15) is 5.10 Å². The molecule has 30 heavy (non-hydrogen) atoms. The number of aryl methyl sites for hydroxylation is 3. The Kier molecular flexibility index (Phi) is 5.67. The van der Waals surface area contributed by atoms with Crippen LogP contribution in [0.4, 0.5) is 5.69 Å². The van der Waals surface area contributed by atoms with E-state index < -0.39 is 0 Å². The predicted octanol–water partition coefficient (Wildman–Crippen LogP) is 4.31. The molecule has 2 aromatic carbocycles. The summed E-state index contributed by atoms with van der Waals surface area (Å²) in [7, 11) is 0. The summed E-state index contributed by atoms with van der Waals surface area (Å²) in [5.74, 6) is 1.58. The van der Waals surface area contributed by atoms with Gasteiger partial charge in [-0.1, -0.05) is 23.9 Å². The molecule has 8 heteroatoms. The zero-order valence-electron chi connectivity index (χ0n) is 17.0. The van der Waals surface area contributed by atoms with E-state index in [1.54, 1.807) is 6.20 Å². The molecule has 0 saturated carbocycles. The van der Waals surface area contributed by atoms with E-state index in [1.807, 2.05) is 42.0 Å². The summed E-state index contributed by atoms with van der Waals surface area (Å²) in [5, 5.41) is 10.7. The number of carbonyl (C=O) groups is 1. The van der Waals surface area contributed by atoms with Crippen LogP contribution in [0.1, 0.15) is 17.0 Å². The van der Waals surface area contributed by atoms with Gasteiger partial charge in [0.25, 0.3) is 0 Å². The molecule has 0 aliphatic heterocycles. The molecular formula is C22H22N6OS. The van der Waals surface area contributed by atoms with Gasteiger partial charge in [-0.15, -0.1) is 0 Å². The molecular weight excluding hydrogens is 396 g/mol. The van der Waals surface area contributed by atoms with Crippen molar-refractivity contribution in [2.75, 3.05) is 11.1 Å². The second-order valence-electron chi connectivity index (χ2n) is 7.03. The van der Waals surface area contributed by atoms with Crippen LogP contribution < -0.4 is 5.32 Å². The monoisotopic (exact) mass is 418 g/mol. The third-order valence-electron chi connectivity index (χ3n) is 4.59. The molecule has 0 fully saturated rings. The number of imidazole rings is 1. The summed E-state index contributed by atoms with van der Waals surface area (Å²) >= 11 is 1.41. The van der Waals surface area contributed by atoms with E-state index in [2.05, 4.69) is 57.5 Å². The van der Waals surface area contributed by atoms with Crippen LogP contribution in [0, 0.1) is 20.8 Å². The molecule has 2 heterocycles. The van der Waals surface area contributed by atoms with Gasteiger partial charge in [0.1, 0.15) is 5.82 Å². The van der Waals surface area contributed by atoms with Gasteiger partial charge in [0.05, 0.1) is 11.4 Å². The number of aromatic nitrogens is 5. The lowest BCUT2D eigenvalue weighted by Crippen LogP contribution is -2.14. The first-order chi connectivity index (χ1) is 14.5. The van der Waals surface area contributed by atoms with Crippen LogP contribution in [0.3, 0.4) is 0 Å². The van der Waals surface area contributed by atoms with Gasteiger partial charge < -0.3 is 5.32 Å². The molecule has 1 amide bonds. The van der Waals surface area contributed by atoms with Gasteiger partial charge in [0, 0.05) is 23.6 Å². The molecule has 0 unspecified atom stereocenters. The Bertz CT molecular complexity index is 1180. The third-order valence-corrected chi connectivity index (χ3v) is 5.55. The number of amides is 1. The molecule has 0 saturated heterocycles. The molecule has 2 aromatic heterocycles. The van der Waals surface area contributed by atoms with Crippen molar-refractivity contribution in [1.82, 2.24) is 24.7 Å². The minimum absolute atomic E-state index is 0.0861. The molecule has 0 radical (unpaired) electrons. The Morgan fingerprint density at radius 1 is 1.13 bits per heavy atom. The SMILES string of the molecule is Cc1ccc(C)c(-n2ccnc2SCC(=O)Nc2ccc(-c3n[nH]c(C)n3)cc2)c1. The molecule has 152 valence electrons. The molecule has 0 atom stereocenters. The summed E-state index contributed by atoms with van der Waals surface area (Å²) in [6.45, 7) is 5.99. The minimum Gasteiger partial charge on any atom is -0.325 e. The second-order valence-corrected chi connectivity index (χ2v) is 7.97. The highest BCUT2D eigenvalue weighted by atomic mass is 32.2. The fraction of sp³-hybridized carbons (Fsp3) is 0.182.